The molecule has 0 spiro atoms. The number of rotatable bonds is 4. The van der Waals surface area contributed by atoms with Crippen LogP contribution in [0.2, 0.25) is 0 Å². The molecular formula is C17H21N7O. The van der Waals surface area contributed by atoms with Crippen molar-refractivity contribution in [1.82, 2.24) is 25.2 Å². The van der Waals surface area contributed by atoms with Gasteiger partial charge in [-0.05, 0) is 29.8 Å². The molecule has 1 N–H and O–H groups in total. The van der Waals surface area contributed by atoms with E-state index in [-0.39, 0.29) is 0 Å². The maximum absolute atomic E-state index is 4.78. The smallest absolute Gasteiger partial charge is 0.245 e. The van der Waals surface area contributed by atoms with Gasteiger partial charge in [-0.15, -0.1) is 0 Å². The van der Waals surface area contributed by atoms with Crippen molar-refractivity contribution >= 4 is 22.9 Å². The fraction of sp³-hybridized carbons (Fsp3) is 0.412. The summed E-state index contributed by atoms with van der Waals surface area (Å²) in [5.41, 5.74) is 2.04. The fourth-order valence-electron chi connectivity index (χ4n) is 2.99. The highest BCUT2D eigenvalue weighted by Crippen LogP contribution is 2.26. The quantitative estimate of drug-likeness (QED) is 0.770. The molecule has 3 aromatic rings. The number of aromatic nitrogens is 4. The number of piperazine rings is 1. The SMILES string of the molecule is C[C@H]1CN(c2nc3nonc3nc2NCc2ccccc2)CCN1C. The van der Waals surface area contributed by atoms with E-state index in [1.54, 1.807) is 0 Å². The Bertz CT molecular complexity index is 851. The van der Waals surface area contributed by atoms with Crippen LogP contribution < -0.4 is 10.2 Å². The lowest BCUT2D eigenvalue weighted by Crippen LogP contribution is -2.50. The highest BCUT2D eigenvalue weighted by Gasteiger charge is 2.25. The molecular weight excluding hydrogens is 318 g/mol. The minimum Gasteiger partial charge on any atom is -0.363 e. The number of hydrogen-bond acceptors (Lipinski definition) is 8. The third kappa shape index (κ3) is 3.25. The largest absolute Gasteiger partial charge is 0.363 e. The Balaban J connectivity index is 1.64. The molecule has 0 aliphatic carbocycles. The van der Waals surface area contributed by atoms with Crippen LogP contribution in [0.25, 0.3) is 11.3 Å². The van der Waals surface area contributed by atoms with Crippen LogP contribution in [0.15, 0.2) is 35.0 Å². The van der Waals surface area contributed by atoms with Gasteiger partial charge in [0, 0.05) is 32.2 Å². The zero-order valence-electron chi connectivity index (χ0n) is 14.4. The number of nitrogens with zero attached hydrogens (tertiary/aromatic N) is 6. The van der Waals surface area contributed by atoms with Crippen molar-refractivity contribution in [3.63, 3.8) is 0 Å². The molecule has 8 nitrogen and oxygen atoms in total. The summed E-state index contributed by atoms with van der Waals surface area (Å²) in [6.45, 7) is 5.65. The molecule has 25 heavy (non-hydrogen) atoms. The van der Waals surface area contributed by atoms with Gasteiger partial charge < -0.3 is 15.1 Å². The van der Waals surface area contributed by atoms with Gasteiger partial charge in [0.1, 0.15) is 0 Å². The van der Waals surface area contributed by atoms with E-state index in [0.717, 1.165) is 25.5 Å². The van der Waals surface area contributed by atoms with Gasteiger partial charge >= 0.3 is 0 Å². The van der Waals surface area contributed by atoms with Crippen molar-refractivity contribution in [2.45, 2.75) is 19.5 Å². The van der Waals surface area contributed by atoms with Gasteiger partial charge in [-0.2, -0.15) is 0 Å². The maximum atomic E-state index is 4.78. The summed E-state index contributed by atoms with van der Waals surface area (Å²) in [4.78, 5) is 13.8. The van der Waals surface area contributed by atoms with Crippen molar-refractivity contribution < 1.29 is 4.63 Å². The van der Waals surface area contributed by atoms with E-state index in [1.807, 2.05) is 18.2 Å². The number of benzene rings is 1. The molecule has 4 rings (SSSR count). The Morgan fingerprint density at radius 1 is 1.12 bits per heavy atom. The Morgan fingerprint density at radius 3 is 2.64 bits per heavy atom. The van der Waals surface area contributed by atoms with E-state index < -0.39 is 0 Å². The molecule has 1 atom stereocenters. The van der Waals surface area contributed by atoms with Gasteiger partial charge in [0.15, 0.2) is 11.6 Å². The lowest BCUT2D eigenvalue weighted by Gasteiger charge is -2.38. The molecule has 8 heteroatoms. The first-order chi connectivity index (χ1) is 12.2. The number of anilines is 2. The van der Waals surface area contributed by atoms with Crippen LogP contribution >= 0.6 is 0 Å². The molecule has 1 fully saturated rings. The van der Waals surface area contributed by atoms with E-state index in [9.17, 15) is 0 Å². The van der Waals surface area contributed by atoms with Crippen LogP contribution in [0.3, 0.4) is 0 Å². The Morgan fingerprint density at radius 2 is 1.88 bits per heavy atom. The molecule has 2 aromatic heterocycles. The van der Waals surface area contributed by atoms with Crippen molar-refractivity contribution in [2.24, 2.45) is 0 Å². The van der Waals surface area contributed by atoms with Gasteiger partial charge in [-0.25, -0.2) is 14.6 Å². The first-order valence-electron chi connectivity index (χ1n) is 8.44. The minimum atomic E-state index is 0.418. The molecule has 0 unspecified atom stereocenters. The van der Waals surface area contributed by atoms with E-state index in [2.05, 4.69) is 61.5 Å². The molecule has 1 aliphatic rings. The van der Waals surface area contributed by atoms with Gasteiger partial charge in [-0.3, -0.25) is 0 Å². The maximum Gasteiger partial charge on any atom is 0.245 e. The molecule has 0 radical (unpaired) electrons. The second-order valence-corrected chi connectivity index (χ2v) is 6.42. The molecule has 3 heterocycles. The standard InChI is InChI=1S/C17H21N7O/c1-12-11-24(9-8-23(12)2)17-16(18-10-13-6-4-3-5-7-13)19-14-15(20-17)22-25-21-14/h3-7,12H,8-11H2,1-2H3,(H,18,19,21)/t12-/m0/s1. The van der Waals surface area contributed by atoms with Crippen molar-refractivity contribution in [3.8, 4) is 0 Å². The summed E-state index contributed by atoms with van der Waals surface area (Å²) in [6.07, 6.45) is 0. The Labute approximate surface area is 145 Å². The third-order valence-electron chi connectivity index (χ3n) is 4.66. The van der Waals surface area contributed by atoms with Gasteiger partial charge in [0.25, 0.3) is 0 Å². The van der Waals surface area contributed by atoms with Crippen LogP contribution in [0.1, 0.15) is 12.5 Å². The molecule has 0 bridgehead atoms. The van der Waals surface area contributed by atoms with Gasteiger partial charge in [0.05, 0.1) is 0 Å². The molecule has 0 saturated carbocycles. The molecule has 0 amide bonds. The van der Waals surface area contributed by atoms with E-state index in [4.69, 9.17) is 4.63 Å². The average Bonchev–Trinajstić information content (AvgIpc) is 3.10. The lowest BCUT2D eigenvalue weighted by atomic mass is 10.2. The normalized spacial score (nSPS) is 18.6. The summed E-state index contributed by atoms with van der Waals surface area (Å²) in [6, 6.07) is 10.7. The highest BCUT2D eigenvalue weighted by molar-refractivity contribution is 5.74. The number of hydrogen-bond donors (Lipinski definition) is 1. The number of likely N-dealkylation sites (N-methyl/N-ethyl adjacent to an activating group) is 1. The van der Waals surface area contributed by atoms with E-state index in [0.29, 0.717) is 29.7 Å². The van der Waals surface area contributed by atoms with Crippen LogP contribution in [0.5, 0.6) is 0 Å². The first-order valence-corrected chi connectivity index (χ1v) is 8.44. The van der Waals surface area contributed by atoms with Crippen LogP contribution in [-0.4, -0.2) is 57.9 Å². The van der Waals surface area contributed by atoms with E-state index in [1.165, 1.54) is 5.56 Å². The molecule has 1 saturated heterocycles. The molecule has 1 aliphatic heterocycles. The molecule has 1 aromatic carbocycles. The summed E-state index contributed by atoms with van der Waals surface area (Å²) >= 11 is 0. The zero-order chi connectivity index (χ0) is 17.2. The van der Waals surface area contributed by atoms with Crippen molar-refractivity contribution in [1.29, 1.82) is 0 Å². The monoisotopic (exact) mass is 339 g/mol. The summed E-state index contributed by atoms with van der Waals surface area (Å²) < 4.78 is 4.78. The number of nitrogens with one attached hydrogen (secondary N) is 1. The first kappa shape index (κ1) is 15.8. The average molecular weight is 339 g/mol. The lowest BCUT2D eigenvalue weighted by molar-refractivity contribution is 0.233. The third-order valence-corrected chi connectivity index (χ3v) is 4.66. The van der Waals surface area contributed by atoms with Crippen molar-refractivity contribution in [3.05, 3.63) is 35.9 Å². The number of fused-ring (bicyclic) bond motifs is 1. The predicted octanol–water partition coefficient (Wildman–Crippen LogP) is 1.77. The zero-order valence-corrected chi connectivity index (χ0v) is 14.4. The summed E-state index contributed by atoms with van der Waals surface area (Å²) in [7, 11) is 2.15. The fourth-order valence-corrected chi connectivity index (χ4v) is 2.99. The topological polar surface area (TPSA) is 83.2 Å². The Hall–Kier alpha value is -2.74. The minimum absolute atomic E-state index is 0.418. The van der Waals surface area contributed by atoms with Crippen LogP contribution in [0, 0.1) is 0 Å². The summed E-state index contributed by atoms with van der Waals surface area (Å²) in [5, 5.41) is 11.1. The predicted molar refractivity (Wildman–Crippen MR) is 95.5 cm³/mol. The van der Waals surface area contributed by atoms with Gasteiger partial charge in [0.2, 0.25) is 11.3 Å². The Kier molecular flexibility index (Phi) is 4.19. The second kappa shape index (κ2) is 6.64. The highest BCUT2D eigenvalue weighted by atomic mass is 16.6. The van der Waals surface area contributed by atoms with Gasteiger partial charge in [-0.1, -0.05) is 30.3 Å². The van der Waals surface area contributed by atoms with Crippen LogP contribution in [0.4, 0.5) is 11.6 Å². The van der Waals surface area contributed by atoms with Crippen molar-refractivity contribution in [2.75, 3.05) is 36.9 Å². The molecule has 130 valence electrons. The van der Waals surface area contributed by atoms with E-state index >= 15 is 0 Å². The van der Waals surface area contributed by atoms with Crippen LogP contribution in [-0.2, 0) is 6.54 Å². The summed E-state index contributed by atoms with van der Waals surface area (Å²) in [5.74, 6) is 1.52. The second-order valence-electron chi connectivity index (χ2n) is 6.42.